The second-order valence-electron chi connectivity index (χ2n) is 5.35. The highest BCUT2D eigenvalue weighted by Crippen LogP contribution is 2.28. The van der Waals surface area contributed by atoms with Gasteiger partial charge in [0.25, 0.3) is 0 Å². The lowest BCUT2D eigenvalue weighted by Gasteiger charge is -2.27. The third-order valence-electron chi connectivity index (χ3n) is 3.42. The van der Waals surface area contributed by atoms with Gasteiger partial charge in [0, 0.05) is 11.8 Å². The largest absolute Gasteiger partial charge is 0.391 e. The van der Waals surface area contributed by atoms with Crippen LogP contribution in [-0.4, -0.2) is 28.3 Å². The predicted molar refractivity (Wildman–Crippen MR) is 72.8 cm³/mol. The Balaban J connectivity index is 2.19. The van der Waals surface area contributed by atoms with Crippen molar-refractivity contribution in [3.63, 3.8) is 0 Å². The number of thioether (sulfide) groups is 1. The first kappa shape index (κ1) is 14.3. The normalized spacial score (nSPS) is 22.3. The molecule has 0 radical (unpaired) electrons. The highest BCUT2D eigenvalue weighted by molar-refractivity contribution is 7.99. The second kappa shape index (κ2) is 7.57. The lowest BCUT2D eigenvalue weighted by Crippen LogP contribution is -2.38. The molecule has 0 unspecified atom stereocenters. The Hall–Kier alpha value is 0.270. The third kappa shape index (κ3) is 5.55. The minimum Gasteiger partial charge on any atom is -0.391 e. The Morgan fingerprint density at radius 1 is 1.25 bits per heavy atom. The Bertz CT molecular complexity index is 181. The molecule has 0 spiro atoms. The molecule has 0 aromatic rings. The molecule has 96 valence electrons. The lowest BCUT2D eigenvalue weighted by atomic mass is 9.84. The number of aliphatic hydroxyl groups is 1. The van der Waals surface area contributed by atoms with E-state index in [-0.39, 0.29) is 12.1 Å². The zero-order valence-electron chi connectivity index (χ0n) is 10.7. The van der Waals surface area contributed by atoms with E-state index in [1.165, 1.54) is 32.1 Å². The van der Waals surface area contributed by atoms with Crippen LogP contribution in [0.15, 0.2) is 0 Å². The van der Waals surface area contributed by atoms with Crippen molar-refractivity contribution in [2.75, 3.05) is 5.75 Å². The van der Waals surface area contributed by atoms with Crippen molar-refractivity contribution >= 4 is 11.8 Å². The Labute approximate surface area is 104 Å². The monoisotopic (exact) mass is 245 g/mol. The SMILES string of the molecule is CC(C)SC[C@H](O)[C@@H](N)CC1CCCCC1. The van der Waals surface area contributed by atoms with Crippen LogP contribution in [0.3, 0.4) is 0 Å². The summed E-state index contributed by atoms with van der Waals surface area (Å²) in [4.78, 5) is 0. The van der Waals surface area contributed by atoms with Gasteiger partial charge in [0.15, 0.2) is 0 Å². The summed E-state index contributed by atoms with van der Waals surface area (Å²) < 4.78 is 0. The molecular formula is C13H27NOS. The summed E-state index contributed by atoms with van der Waals surface area (Å²) in [5, 5.41) is 10.5. The summed E-state index contributed by atoms with van der Waals surface area (Å²) in [7, 11) is 0. The van der Waals surface area contributed by atoms with Gasteiger partial charge in [-0.15, -0.1) is 0 Å². The Morgan fingerprint density at radius 3 is 2.44 bits per heavy atom. The van der Waals surface area contributed by atoms with Gasteiger partial charge in [-0.25, -0.2) is 0 Å². The van der Waals surface area contributed by atoms with Crippen LogP contribution in [0.5, 0.6) is 0 Å². The van der Waals surface area contributed by atoms with Crippen LogP contribution in [0.25, 0.3) is 0 Å². The maximum absolute atomic E-state index is 9.95. The van der Waals surface area contributed by atoms with Crippen molar-refractivity contribution in [1.29, 1.82) is 0 Å². The van der Waals surface area contributed by atoms with Crippen molar-refractivity contribution < 1.29 is 5.11 Å². The summed E-state index contributed by atoms with van der Waals surface area (Å²) >= 11 is 1.80. The van der Waals surface area contributed by atoms with Crippen molar-refractivity contribution in [2.24, 2.45) is 11.7 Å². The summed E-state index contributed by atoms with van der Waals surface area (Å²) in [6.07, 6.45) is 7.42. The fourth-order valence-electron chi connectivity index (χ4n) is 2.38. The van der Waals surface area contributed by atoms with E-state index in [1.54, 1.807) is 11.8 Å². The Morgan fingerprint density at radius 2 is 1.88 bits per heavy atom. The molecule has 1 aliphatic rings. The average molecular weight is 245 g/mol. The average Bonchev–Trinajstić information content (AvgIpc) is 2.27. The van der Waals surface area contributed by atoms with E-state index in [4.69, 9.17) is 5.73 Å². The smallest absolute Gasteiger partial charge is 0.0781 e. The number of hydrogen-bond acceptors (Lipinski definition) is 3. The minimum absolute atomic E-state index is 0.0191. The first-order valence-corrected chi connectivity index (χ1v) is 7.69. The molecule has 0 aromatic heterocycles. The second-order valence-corrected chi connectivity index (χ2v) is 6.96. The number of hydrogen-bond donors (Lipinski definition) is 2. The maximum atomic E-state index is 9.95. The van der Waals surface area contributed by atoms with Gasteiger partial charge >= 0.3 is 0 Å². The van der Waals surface area contributed by atoms with Gasteiger partial charge in [0.2, 0.25) is 0 Å². The van der Waals surface area contributed by atoms with Gasteiger partial charge < -0.3 is 10.8 Å². The van der Waals surface area contributed by atoms with Crippen LogP contribution >= 0.6 is 11.8 Å². The van der Waals surface area contributed by atoms with Gasteiger partial charge in [0.1, 0.15) is 0 Å². The molecule has 2 nitrogen and oxygen atoms in total. The summed E-state index contributed by atoms with van der Waals surface area (Å²) in [5.41, 5.74) is 6.07. The molecule has 1 saturated carbocycles. The van der Waals surface area contributed by atoms with E-state index >= 15 is 0 Å². The number of rotatable bonds is 6. The molecule has 1 fully saturated rings. The van der Waals surface area contributed by atoms with Gasteiger partial charge in [-0.05, 0) is 17.6 Å². The van der Waals surface area contributed by atoms with Crippen LogP contribution in [0.1, 0.15) is 52.4 Å². The van der Waals surface area contributed by atoms with E-state index in [2.05, 4.69) is 13.8 Å². The van der Waals surface area contributed by atoms with Gasteiger partial charge in [0.05, 0.1) is 6.10 Å². The molecule has 3 heteroatoms. The van der Waals surface area contributed by atoms with Crippen LogP contribution in [-0.2, 0) is 0 Å². The van der Waals surface area contributed by atoms with E-state index in [1.807, 2.05) is 0 Å². The first-order valence-electron chi connectivity index (χ1n) is 6.65. The molecule has 1 aliphatic carbocycles. The van der Waals surface area contributed by atoms with Crippen LogP contribution in [0.4, 0.5) is 0 Å². The molecule has 16 heavy (non-hydrogen) atoms. The zero-order chi connectivity index (χ0) is 12.0. The molecule has 0 aromatic carbocycles. The predicted octanol–water partition coefficient (Wildman–Crippen LogP) is 2.79. The first-order chi connectivity index (χ1) is 7.59. The lowest BCUT2D eigenvalue weighted by molar-refractivity contribution is 0.147. The molecule has 0 heterocycles. The third-order valence-corrected chi connectivity index (χ3v) is 4.63. The fourth-order valence-corrected chi connectivity index (χ4v) is 3.21. The molecule has 0 amide bonds. The Kier molecular flexibility index (Phi) is 6.78. The quantitative estimate of drug-likeness (QED) is 0.756. The summed E-state index contributed by atoms with van der Waals surface area (Å²) in [6, 6.07) is -0.0191. The fraction of sp³-hybridized carbons (Fsp3) is 1.00. The number of nitrogens with two attached hydrogens (primary N) is 1. The van der Waals surface area contributed by atoms with E-state index < -0.39 is 0 Å². The highest BCUT2D eigenvalue weighted by Gasteiger charge is 2.21. The van der Waals surface area contributed by atoms with Gasteiger partial charge in [-0.2, -0.15) is 11.8 Å². The topological polar surface area (TPSA) is 46.2 Å². The van der Waals surface area contributed by atoms with E-state index in [0.29, 0.717) is 5.25 Å². The molecule has 2 atom stereocenters. The van der Waals surface area contributed by atoms with E-state index in [0.717, 1.165) is 18.1 Å². The minimum atomic E-state index is -0.325. The molecule has 0 saturated heterocycles. The van der Waals surface area contributed by atoms with Gasteiger partial charge in [-0.1, -0.05) is 46.0 Å². The summed E-state index contributed by atoms with van der Waals surface area (Å²) in [6.45, 7) is 4.31. The highest BCUT2D eigenvalue weighted by atomic mass is 32.2. The van der Waals surface area contributed by atoms with Gasteiger partial charge in [-0.3, -0.25) is 0 Å². The van der Waals surface area contributed by atoms with Crippen molar-refractivity contribution in [2.45, 2.75) is 69.8 Å². The van der Waals surface area contributed by atoms with Crippen molar-refractivity contribution in [1.82, 2.24) is 0 Å². The zero-order valence-corrected chi connectivity index (χ0v) is 11.5. The molecular weight excluding hydrogens is 218 g/mol. The van der Waals surface area contributed by atoms with E-state index in [9.17, 15) is 5.11 Å². The standard InChI is InChI=1S/C13H27NOS/c1-10(2)16-9-13(15)12(14)8-11-6-4-3-5-7-11/h10-13,15H,3-9,14H2,1-2H3/t12-,13-/m0/s1. The molecule has 3 N–H and O–H groups in total. The molecule has 1 rings (SSSR count). The van der Waals surface area contributed by atoms with Crippen LogP contribution in [0.2, 0.25) is 0 Å². The molecule has 0 aliphatic heterocycles. The molecule has 0 bridgehead atoms. The summed E-state index contributed by atoms with van der Waals surface area (Å²) in [5.74, 6) is 1.55. The van der Waals surface area contributed by atoms with Crippen LogP contribution < -0.4 is 5.73 Å². The van der Waals surface area contributed by atoms with Crippen molar-refractivity contribution in [3.05, 3.63) is 0 Å². The maximum Gasteiger partial charge on any atom is 0.0781 e. The van der Waals surface area contributed by atoms with Crippen molar-refractivity contribution in [3.8, 4) is 0 Å². The number of aliphatic hydroxyl groups excluding tert-OH is 1. The van der Waals surface area contributed by atoms with Crippen LogP contribution in [0, 0.1) is 5.92 Å².